The summed E-state index contributed by atoms with van der Waals surface area (Å²) in [7, 11) is 0. The predicted molar refractivity (Wildman–Crippen MR) is 111 cm³/mol. The van der Waals surface area contributed by atoms with Gasteiger partial charge in [0.15, 0.2) is 5.78 Å². The number of benzene rings is 1. The van der Waals surface area contributed by atoms with Crippen LogP contribution >= 0.6 is 11.6 Å². The van der Waals surface area contributed by atoms with E-state index in [9.17, 15) is 4.79 Å². The van der Waals surface area contributed by atoms with Crippen LogP contribution in [0, 0.1) is 26.7 Å². The van der Waals surface area contributed by atoms with Gasteiger partial charge in [-0.15, -0.1) is 0 Å². The van der Waals surface area contributed by atoms with Gasteiger partial charge in [0, 0.05) is 46.9 Å². The van der Waals surface area contributed by atoms with Gasteiger partial charge in [-0.25, -0.2) is 0 Å². The number of halogens is 1. The number of carbonyl (C=O) groups excluding carboxylic acids is 1. The maximum atomic E-state index is 13.1. The molecular formula is C22H30ClN3O. The van der Waals surface area contributed by atoms with Crippen LogP contribution in [0.2, 0.25) is 5.02 Å². The molecule has 0 spiro atoms. The van der Waals surface area contributed by atoms with Crippen LogP contribution in [0.5, 0.6) is 0 Å². The van der Waals surface area contributed by atoms with E-state index >= 15 is 0 Å². The molecule has 1 fully saturated rings. The molecule has 0 saturated carbocycles. The molecule has 2 aromatic rings. The fourth-order valence-electron chi connectivity index (χ4n) is 4.19. The fourth-order valence-corrected chi connectivity index (χ4v) is 4.42. The molecule has 5 heteroatoms. The summed E-state index contributed by atoms with van der Waals surface area (Å²) in [6.45, 7) is 13.2. The quantitative estimate of drug-likeness (QED) is 0.667. The van der Waals surface area contributed by atoms with Gasteiger partial charge in [0.25, 0.3) is 0 Å². The van der Waals surface area contributed by atoms with Crippen LogP contribution in [0.3, 0.4) is 0 Å². The molecule has 27 heavy (non-hydrogen) atoms. The average Bonchev–Trinajstić information content (AvgIpc) is 2.90. The minimum absolute atomic E-state index is 0.0550. The highest BCUT2D eigenvalue weighted by atomic mass is 35.5. The number of hydrogen-bond acceptors (Lipinski definition) is 3. The Morgan fingerprint density at radius 1 is 1.30 bits per heavy atom. The van der Waals surface area contributed by atoms with Crippen molar-refractivity contribution >= 4 is 17.4 Å². The van der Waals surface area contributed by atoms with Gasteiger partial charge in [0.1, 0.15) is 0 Å². The van der Waals surface area contributed by atoms with Gasteiger partial charge in [-0.3, -0.25) is 14.4 Å². The Balaban J connectivity index is 1.74. The number of Topliss-reactive ketones (excluding diaryl/α,β-unsaturated/α-hetero) is 1. The van der Waals surface area contributed by atoms with E-state index in [0.29, 0.717) is 11.1 Å². The maximum Gasteiger partial charge on any atom is 0.167 e. The van der Waals surface area contributed by atoms with Crippen LogP contribution in [-0.4, -0.2) is 33.6 Å². The molecule has 3 rings (SSSR count). The molecule has 1 aliphatic heterocycles. The SMILES string of the molecule is Cc1cc(Cl)ccc1C(=O)[C@@H]1CCCN(Cc2c(C)nn(C(C)C)c2C)C1. The molecule has 4 nitrogen and oxygen atoms in total. The van der Waals surface area contributed by atoms with Crippen molar-refractivity contribution in [2.45, 2.75) is 60.0 Å². The molecule has 1 aliphatic rings. The zero-order valence-electron chi connectivity index (χ0n) is 17.1. The second-order valence-electron chi connectivity index (χ2n) is 8.09. The lowest BCUT2D eigenvalue weighted by atomic mass is 9.88. The average molecular weight is 388 g/mol. The van der Waals surface area contributed by atoms with Gasteiger partial charge in [-0.2, -0.15) is 5.10 Å². The Hall–Kier alpha value is -1.65. The Labute approximate surface area is 167 Å². The molecule has 1 saturated heterocycles. The smallest absolute Gasteiger partial charge is 0.167 e. The van der Waals surface area contributed by atoms with Gasteiger partial charge in [0.2, 0.25) is 0 Å². The number of ketones is 1. The number of piperidine rings is 1. The van der Waals surface area contributed by atoms with Crippen molar-refractivity contribution in [2.24, 2.45) is 5.92 Å². The van der Waals surface area contributed by atoms with Crippen LogP contribution in [0.1, 0.15) is 65.6 Å². The Bertz CT molecular complexity index is 840. The second kappa shape index (κ2) is 8.15. The summed E-state index contributed by atoms with van der Waals surface area (Å²) in [5.74, 6) is 0.305. The molecule has 0 amide bonds. The normalized spacial score (nSPS) is 18.3. The van der Waals surface area contributed by atoms with Gasteiger partial charge in [-0.1, -0.05) is 11.6 Å². The third-order valence-electron chi connectivity index (χ3n) is 5.68. The standard InChI is InChI=1S/C22H30ClN3O/c1-14(2)26-17(5)21(16(4)24-26)13-25-10-6-7-18(12-25)22(27)20-9-8-19(23)11-15(20)3/h8-9,11,14,18H,6-7,10,12-13H2,1-5H3/t18-/m1/s1. The van der Waals surface area contributed by atoms with Gasteiger partial charge < -0.3 is 0 Å². The largest absolute Gasteiger partial charge is 0.298 e. The molecule has 146 valence electrons. The first-order valence-electron chi connectivity index (χ1n) is 9.85. The number of rotatable bonds is 5. The zero-order chi connectivity index (χ0) is 19.7. The van der Waals surface area contributed by atoms with Crippen molar-refractivity contribution in [1.82, 2.24) is 14.7 Å². The van der Waals surface area contributed by atoms with Gasteiger partial charge >= 0.3 is 0 Å². The molecule has 1 aromatic carbocycles. The Kier molecular flexibility index (Phi) is 6.07. The maximum absolute atomic E-state index is 13.1. The number of aryl methyl sites for hydroxylation is 2. The van der Waals surface area contributed by atoms with Gasteiger partial charge in [0.05, 0.1) is 5.69 Å². The molecule has 1 aromatic heterocycles. The van der Waals surface area contributed by atoms with Crippen molar-refractivity contribution in [3.63, 3.8) is 0 Å². The van der Waals surface area contributed by atoms with E-state index in [0.717, 1.165) is 49.3 Å². The summed E-state index contributed by atoms with van der Waals surface area (Å²) >= 11 is 6.05. The molecular weight excluding hydrogens is 358 g/mol. The highest BCUT2D eigenvalue weighted by molar-refractivity contribution is 6.30. The van der Waals surface area contributed by atoms with E-state index in [-0.39, 0.29) is 11.7 Å². The fraction of sp³-hybridized carbons (Fsp3) is 0.545. The summed E-state index contributed by atoms with van der Waals surface area (Å²) < 4.78 is 2.11. The third-order valence-corrected chi connectivity index (χ3v) is 5.91. The number of nitrogens with zero attached hydrogens (tertiary/aromatic N) is 3. The van der Waals surface area contributed by atoms with Crippen LogP contribution < -0.4 is 0 Å². The lowest BCUT2D eigenvalue weighted by Gasteiger charge is -2.32. The summed E-state index contributed by atoms with van der Waals surface area (Å²) in [5.41, 5.74) is 5.42. The van der Waals surface area contributed by atoms with Crippen LogP contribution in [0.25, 0.3) is 0 Å². The van der Waals surface area contributed by atoms with Crippen LogP contribution in [0.4, 0.5) is 0 Å². The molecule has 0 N–H and O–H groups in total. The first-order chi connectivity index (χ1) is 12.8. The Morgan fingerprint density at radius 3 is 2.67 bits per heavy atom. The predicted octanol–water partition coefficient (Wildman–Crippen LogP) is 5.14. The Morgan fingerprint density at radius 2 is 2.04 bits per heavy atom. The van der Waals surface area contributed by atoms with Crippen LogP contribution in [-0.2, 0) is 6.54 Å². The van der Waals surface area contributed by atoms with E-state index in [2.05, 4.69) is 37.3 Å². The monoisotopic (exact) mass is 387 g/mol. The minimum Gasteiger partial charge on any atom is -0.298 e. The first-order valence-corrected chi connectivity index (χ1v) is 10.2. The highest BCUT2D eigenvalue weighted by Gasteiger charge is 2.28. The van der Waals surface area contributed by atoms with E-state index < -0.39 is 0 Å². The molecule has 0 aliphatic carbocycles. The van der Waals surface area contributed by atoms with Crippen molar-refractivity contribution in [3.05, 3.63) is 51.3 Å². The van der Waals surface area contributed by atoms with E-state index in [1.807, 2.05) is 25.1 Å². The lowest BCUT2D eigenvalue weighted by Crippen LogP contribution is -2.38. The minimum atomic E-state index is 0.0550. The number of likely N-dealkylation sites (tertiary alicyclic amines) is 1. The summed E-state index contributed by atoms with van der Waals surface area (Å²) in [6.07, 6.45) is 2.01. The molecule has 0 unspecified atom stereocenters. The number of hydrogen-bond donors (Lipinski definition) is 0. The van der Waals surface area contributed by atoms with Crippen molar-refractivity contribution in [1.29, 1.82) is 0 Å². The first kappa shape index (κ1) is 20.1. The molecule has 0 bridgehead atoms. The topological polar surface area (TPSA) is 38.1 Å². The van der Waals surface area contributed by atoms with E-state index in [1.165, 1.54) is 11.3 Å². The molecule has 2 heterocycles. The summed E-state index contributed by atoms with van der Waals surface area (Å²) in [6, 6.07) is 5.93. The highest BCUT2D eigenvalue weighted by Crippen LogP contribution is 2.26. The third kappa shape index (κ3) is 4.27. The second-order valence-corrected chi connectivity index (χ2v) is 8.52. The summed E-state index contributed by atoms with van der Waals surface area (Å²) in [5, 5.41) is 5.39. The van der Waals surface area contributed by atoms with E-state index in [1.54, 1.807) is 0 Å². The molecule has 1 atom stereocenters. The zero-order valence-corrected chi connectivity index (χ0v) is 17.8. The van der Waals surface area contributed by atoms with Crippen molar-refractivity contribution in [2.75, 3.05) is 13.1 Å². The summed E-state index contributed by atoms with van der Waals surface area (Å²) in [4.78, 5) is 15.5. The van der Waals surface area contributed by atoms with Crippen LogP contribution in [0.15, 0.2) is 18.2 Å². The van der Waals surface area contributed by atoms with Gasteiger partial charge in [-0.05, 0) is 77.8 Å². The van der Waals surface area contributed by atoms with Crippen molar-refractivity contribution in [3.8, 4) is 0 Å². The number of carbonyl (C=O) groups is 1. The lowest BCUT2D eigenvalue weighted by molar-refractivity contribution is 0.0810. The molecule has 0 radical (unpaired) electrons. The van der Waals surface area contributed by atoms with Crippen molar-refractivity contribution < 1.29 is 4.79 Å². The number of aromatic nitrogens is 2. The van der Waals surface area contributed by atoms with E-state index in [4.69, 9.17) is 16.7 Å².